The van der Waals surface area contributed by atoms with Crippen LogP contribution in [0.5, 0.6) is 0 Å². The molecular weight excluding hydrogens is 343 g/mol. The summed E-state index contributed by atoms with van der Waals surface area (Å²) in [5, 5.41) is 12.2. The van der Waals surface area contributed by atoms with E-state index in [1.165, 1.54) is 6.07 Å². The molecule has 2 rings (SSSR count). The lowest BCUT2D eigenvalue weighted by Gasteiger charge is -2.11. The zero-order valence-corrected chi connectivity index (χ0v) is 11.5. The molecule has 2 aromatic rings. The highest BCUT2D eigenvalue weighted by atomic mass is 127. The van der Waals surface area contributed by atoms with Gasteiger partial charge < -0.3 is 16.2 Å². The smallest absolute Gasteiger partial charge is 0.337 e. The van der Waals surface area contributed by atoms with E-state index < -0.39 is 5.97 Å². The van der Waals surface area contributed by atoms with Crippen LogP contribution in [0, 0.1) is 3.57 Å². The van der Waals surface area contributed by atoms with Crippen LogP contribution < -0.4 is 11.1 Å². The number of nitrogens with two attached hydrogens (primary N) is 1. The van der Waals surface area contributed by atoms with E-state index in [2.05, 4.69) is 27.9 Å². The first-order valence-electron chi connectivity index (χ1n) is 5.22. The van der Waals surface area contributed by atoms with Crippen molar-refractivity contribution < 1.29 is 9.90 Å². The van der Waals surface area contributed by atoms with Gasteiger partial charge in [-0.05, 0) is 52.9 Å². The van der Waals surface area contributed by atoms with Crippen LogP contribution in [0.1, 0.15) is 10.4 Å². The standard InChI is InChI=1S/C13H11IN2O2/c14-10-3-1-2-4-12(10)16-11-6-5-8(15)7-9(11)13(17)18/h1-7,16H,15H2,(H,17,18). The largest absolute Gasteiger partial charge is 0.478 e. The molecule has 0 amide bonds. The number of hydrogen-bond acceptors (Lipinski definition) is 3. The van der Waals surface area contributed by atoms with Crippen molar-refractivity contribution in [3.05, 3.63) is 51.6 Å². The van der Waals surface area contributed by atoms with Gasteiger partial charge in [0.15, 0.2) is 0 Å². The molecule has 2 aromatic carbocycles. The predicted molar refractivity (Wildman–Crippen MR) is 80.3 cm³/mol. The lowest BCUT2D eigenvalue weighted by Crippen LogP contribution is -2.04. The fourth-order valence-corrected chi connectivity index (χ4v) is 2.08. The van der Waals surface area contributed by atoms with Crippen LogP contribution in [0.3, 0.4) is 0 Å². The molecule has 92 valence electrons. The number of anilines is 3. The molecule has 0 heterocycles. The molecule has 0 aromatic heterocycles. The Kier molecular flexibility index (Phi) is 3.71. The number of carbonyl (C=O) groups is 1. The summed E-state index contributed by atoms with van der Waals surface area (Å²) in [4.78, 5) is 11.2. The molecule has 0 unspecified atom stereocenters. The zero-order valence-electron chi connectivity index (χ0n) is 9.35. The van der Waals surface area contributed by atoms with Gasteiger partial charge in [-0.2, -0.15) is 0 Å². The molecule has 0 fully saturated rings. The van der Waals surface area contributed by atoms with Crippen LogP contribution in [-0.2, 0) is 0 Å². The van der Waals surface area contributed by atoms with Crippen LogP contribution in [-0.4, -0.2) is 11.1 Å². The number of carboxylic acid groups (broad SMARTS) is 1. The van der Waals surface area contributed by atoms with Crippen molar-refractivity contribution in [2.45, 2.75) is 0 Å². The van der Waals surface area contributed by atoms with Gasteiger partial charge in [0.05, 0.1) is 16.9 Å². The Morgan fingerprint density at radius 3 is 2.56 bits per heavy atom. The maximum absolute atomic E-state index is 11.2. The van der Waals surface area contributed by atoms with Crippen LogP contribution in [0.4, 0.5) is 17.1 Å². The maximum atomic E-state index is 11.2. The van der Waals surface area contributed by atoms with Crippen molar-refractivity contribution in [2.24, 2.45) is 0 Å². The average molecular weight is 354 g/mol. The van der Waals surface area contributed by atoms with Crippen LogP contribution in [0.2, 0.25) is 0 Å². The van der Waals surface area contributed by atoms with E-state index >= 15 is 0 Å². The van der Waals surface area contributed by atoms with E-state index in [9.17, 15) is 4.79 Å². The van der Waals surface area contributed by atoms with E-state index in [0.717, 1.165) is 9.26 Å². The summed E-state index contributed by atoms with van der Waals surface area (Å²) >= 11 is 2.19. The first-order valence-corrected chi connectivity index (χ1v) is 6.30. The van der Waals surface area contributed by atoms with Crippen LogP contribution in [0.15, 0.2) is 42.5 Å². The quantitative estimate of drug-likeness (QED) is 0.584. The zero-order chi connectivity index (χ0) is 13.1. The monoisotopic (exact) mass is 354 g/mol. The molecule has 0 radical (unpaired) electrons. The number of halogens is 1. The van der Waals surface area contributed by atoms with E-state index in [1.807, 2.05) is 24.3 Å². The number of rotatable bonds is 3. The second-order valence-electron chi connectivity index (χ2n) is 3.72. The number of nitrogen functional groups attached to an aromatic ring is 1. The Balaban J connectivity index is 2.41. The first kappa shape index (κ1) is 12.7. The van der Waals surface area contributed by atoms with Gasteiger partial charge >= 0.3 is 5.97 Å². The van der Waals surface area contributed by atoms with Crippen molar-refractivity contribution in [3.8, 4) is 0 Å². The van der Waals surface area contributed by atoms with E-state index in [4.69, 9.17) is 10.8 Å². The fourth-order valence-electron chi connectivity index (χ4n) is 1.56. The summed E-state index contributed by atoms with van der Waals surface area (Å²) in [6.07, 6.45) is 0. The van der Waals surface area contributed by atoms with E-state index in [0.29, 0.717) is 11.4 Å². The number of carboxylic acids is 1. The summed E-state index contributed by atoms with van der Waals surface area (Å²) in [6.45, 7) is 0. The van der Waals surface area contributed by atoms with E-state index in [1.54, 1.807) is 12.1 Å². The molecule has 0 aliphatic carbocycles. The lowest BCUT2D eigenvalue weighted by atomic mass is 10.1. The molecular formula is C13H11IN2O2. The number of nitrogens with one attached hydrogen (secondary N) is 1. The maximum Gasteiger partial charge on any atom is 0.337 e. The Bertz CT molecular complexity index is 599. The third-order valence-corrected chi connectivity index (χ3v) is 3.36. The molecule has 0 atom stereocenters. The molecule has 5 heteroatoms. The predicted octanol–water partition coefficient (Wildman–Crippen LogP) is 3.32. The molecule has 18 heavy (non-hydrogen) atoms. The minimum absolute atomic E-state index is 0.162. The highest BCUT2D eigenvalue weighted by Crippen LogP contribution is 2.26. The van der Waals surface area contributed by atoms with Crippen molar-refractivity contribution >= 4 is 45.6 Å². The number of hydrogen-bond donors (Lipinski definition) is 3. The average Bonchev–Trinajstić information content (AvgIpc) is 2.34. The van der Waals surface area contributed by atoms with Crippen molar-refractivity contribution in [3.63, 3.8) is 0 Å². The van der Waals surface area contributed by atoms with E-state index in [-0.39, 0.29) is 5.56 Å². The highest BCUT2D eigenvalue weighted by Gasteiger charge is 2.11. The second kappa shape index (κ2) is 5.26. The fraction of sp³-hybridized carbons (Fsp3) is 0. The van der Waals surface area contributed by atoms with Gasteiger partial charge in [-0.1, -0.05) is 12.1 Å². The van der Waals surface area contributed by atoms with Crippen LogP contribution >= 0.6 is 22.6 Å². The topological polar surface area (TPSA) is 75.3 Å². The number of aromatic carboxylic acids is 1. The minimum atomic E-state index is -1.00. The second-order valence-corrected chi connectivity index (χ2v) is 4.88. The minimum Gasteiger partial charge on any atom is -0.478 e. The molecule has 0 spiro atoms. The molecule has 4 nitrogen and oxygen atoms in total. The molecule has 0 saturated carbocycles. The van der Waals surface area contributed by atoms with Crippen LogP contribution in [0.25, 0.3) is 0 Å². The highest BCUT2D eigenvalue weighted by molar-refractivity contribution is 14.1. The Morgan fingerprint density at radius 2 is 1.89 bits per heavy atom. The van der Waals surface area contributed by atoms with Crippen molar-refractivity contribution in [1.82, 2.24) is 0 Å². The van der Waals surface area contributed by atoms with Gasteiger partial charge in [-0.25, -0.2) is 4.79 Å². The Labute approximate surface area is 118 Å². The molecule has 0 bridgehead atoms. The van der Waals surface area contributed by atoms with Gasteiger partial charge in [0.25, 0.3) is 0 Å². The molecule has 0 saturated heterocycles. The molecule has 0 aliphatic heterocycles. The molecule has 0 aliphatic rings. The SMILES string of the molecule is Nc1ccc(Nc2ccccc2I)c(C(=O)O)c1. The summed E-state index contributed by atoms with van der Waals surface area (Å²) < 4.78 is 1.02. The summed E-state index contributed by atoms with van der Waals surface area (Å²) in [6, 6.07) is 12.4. The van der Waals surface area contributed by atoms with Crippen molar-refractivity contribution in [1.29, 1.82) is 0 Å². The Hall–Kier alpha value is -1.76. The van der Waals surface area contributed by atoms with Gasteiger partial charge in [0, 0.05) is 9.26 Å². The normalized spacial score (nSPS) is 10.1. The van der Waals surface area contributed by atoms with Crippen molar-refractivity contribution in [2.75, 3.05) is 11.1 Å². The lowest BCUT2D eigenvalue weighted by molar-refractivity contribution is 0.0698. The third kappa shape index (κ3) is 2.73. The summed E-state index contributed by atoms with van der Waals surface area (Å²) in [7, 11) is 0. The summed E-state index contributed by atoms with van der Waals surface area (Å²) in [5.41, 5.74) is 7.58. The van der Waals surface area contributed by atoms with Gasteiger partial charge in [0.2, 0.25) is 0 Å². The third-order valence-electron chi connectivity index (χ3n) is 2.42. The Morgan fingerprint density at radius 1 is 1.17 bits per heavy atom. The number of benzene rings is 2. The molecule has 4 N–H and O–H groups in total. The van der Waals surface area contributed by atoms with Gasteiger partial charge in [-0.15, -0.1) is 0 Å². The van der Waals surface area contributed by atoms with Gasteiger partial charge in [-0.3, -0.25) is 0 Å². The summed E-state index contributed by atoms with van der Waals surface area (Å²) in [5.74, 6) is -1.00. The first-order chi connectivity index (χ1) is 8.58. The van der Waals surface area contributed by atoms with Gasteiger partial charge in [0.1, 0.15) is 0 Å². The number of para-hydroxylation sites is 1.